The number of nitrogens with two attached hydrogens (primary N) is 1. The summed E-state index contributed by atoms with van der Waals surface area (Å²) in [6, 6.07) is 15.0. The van der Waals surface area contributed by atoms with E-state index in [0.717, 1.165) is 22.5 Å². The van der Waals surface area contributed by atoms with E-state index in [-0.39, 0.29) is 12.2 Å². The number of ether oxygens (including phenoxy) is 1. The molecule has 0 aliphatic carbocycles. The number of rotatable bonds is 0. The van der Waals surface area contributed by atoms with Crippen molar-refractivity contribution in [1.29, 1.82) is 0 Å². The Hall–Kier alpha value is -2.33. The molecule has 4 heteroatoms. The van der Waals surface area contributed by atoms with Crippen LogP contribution < -0.4 is 10.6 Å². The molecule has 0 bridgehead atoms. The third-order valence-corrected chi connectivity index (χ3v) is 3.68. The van der Waals surface area contributed by atoms with Crippen molar-refractivity contribution < 1.29 is 9.53 Å². The summed E-state index contributed by atoms with van der Waals surface area (Å²) in [6.45, 7) is 0. The van der Waals surface area contributed by atoms with Gasteiger partial charge in [-0.15, -0.1) is 0 Å². The summed E-state index contributed by atoms with van der Waals surface area (Å²) in [4.78, 5) is 13.4. The fourth-order valence-electron chi connectivity index (χ4n) is 2.82. The number of epoxide rings is 1. The summed E-state index contributed by atoms with van der Waals surface area (Å²) in [5.41, 5.74) is 9.23. The molecule has 19 heavy (non-hydrogen) atoms. The van der Waals surface area contributed by atoms with Gasteiger partial charge < -0.3 is 10.5 Å². The predicted octanol–water partition coefficient (Wildman–Crippen LogP) is 3.03. The van der Waals surface area contributed by atoms with Crippen LogP contribution in [0, 0.1) is 0 Å². The Morgan fingerprint density at radius 3 is 1.89 bits per heavy atom. The number of carbonyl (C=O) groups is 1. The van der Waals surface area contributed by atoms with Crippen LogP contribution in [0.5, 0.6) is 0 Å². The lowest BCUT2D eigenvalue weighted by molar-refractivity contribution is 0.256. The molecule has 1 fully saturated rings. The van der Waals surface area contributed by atoms with Gasteiger partial charge in [-0.05, 0) is 12.1 Å². The van der Waals surface area contributed by atoms with Gasteiger partial charge in [-0.25, -0.2) is 4.79 Å². The molecule has 0 aromatic heterocycles. The second kappa shape index (κ2) is 3.59. The van der Waals surface area contributed by atoms with Crippen molar-refractivity contribution in [3.63, 3.8) is 0 Å². The quantitative estimate of drug-likeness (QED) is 0.732. The average molecular weight is 252 g/mol. The molecular formula is C15H12N2O2. The van der Waals surface area contributed by atoms with Gasteiger partial charge in [0.15, 0.2) is 0 Å². The van der Waals surface area contributed by atoms with Crippen LogP contribution in [0.15, 0.2) is 48.5 Å². The maximum atomic E-state index is 11.9. The Labute approximate surface area is 110 Å². The van der Waals surface area contributed by atoms with E-state index >= 15 is 0 Å². The largest absolute Gasteiger partial charge is 0.359 e. The van der Waals surface area contributed by atoms with Crippen molar-refractivity contribution >= 4 is 17.4 Å². The molecule has 4 nitrogen and oxygen atoms in total. The van der Waals surface area contributed by atoms with Crippen molar-refractivity contribution in [2.75, 3.05) is 4.90 Å². The number of para-hydroxylation sites is 2. The van der Waals surface area contributed by atoms with Gasteiger partial charge in [0.05, 0.1) is 11.4 Å². The molecule has 0 spiro atoms. The Morgan fingerprint density at radius 2 is 1.42 bits per heavy atom. The third-order valence-electron chi connectivity index (χ3n) is 3.68. The number of anilines is 2. The molecule has 4 rings (SSSR count). The number of primary amides is 1. The lowest BCUT2D eigenvalue weighted by Gasteiger charge is -2.23. The van der Waals surface area contributed by atoms with Crippen molar-refractivity contribution in [1.82, 2.24) is 0 Å². The van der Waals surface area contributed by atoms with Crippen LogP contribution in [-0.2, 0) is 4.74 Å². The van der Waals surface area contributed by atoms with Gasteiger partial charge in [-0.3, -0.25) is 4.90 Å². The van der Waals surface area contributed by atoms with E-state index in [1.54, 1.807) is 4.90 Å². The van der Waals surface area contributed by atoms with E-state index in [9.17, 15) is 4.79 Å². The highest BCUT2D eigenvalue weighted by Crippen LogP contribution is 2.58. The van der Waals surface area contributed by atoms with Crippen LogP contribution in [0.25, 0.3) is 0 Å². The molecular weight excluding hydrogens is 240 g/mol. The summed E-state index contributed by atoms with van der Waals surface area (Å²) >= 11 is 0. The van der Waals surface area contributed by atoms with Crippen LogP contribution in [0.1, 0.15) is 23.3 Å². The first-order valence-corrected chi connectivity index (χ1v) is 6.20. The topological polar surface area (TPSA) is 58.9 Å². The maximum Gasteiger partial charge on any atom is 0.323 e. The zero-order chi connectivity index (χ0) is 13.0. The molecule has 1 saturated heterocycles. The highest BCUT2D eigenvalue weighted by Gasteiger charge is 2.47. The molecule has 0 saturated carbocycles. The van der Waals surface area contributed by atoms with Crippen molar-refractivity contribution in [3.05, 3.63) is 59.7 Å². The predicted molar refractivity (Wildman–Crippen MR) is 71.2 cm³/mol. The molecule has 2 heterocycles. The van der Waals surface area contributed by atoms with Gasteiger partial charge in [0, 0.05) is 11.1 Å². The standard InChI is InChI=1S/C15H12N2O2/c16-15(18)17-11-7-3-1-5-9(11)13-14(19-13)10-6-2-4-8-12(10)17/h1-8,13-14H,(H2,16,18)/t13-,14+. The van der Waals surface area contributed by atoms with Crippen molar-refractivity contribution in [2.24, 2.45) is 5.73 Å². The summed E-state index contributed by atoms with van der Waals surface area (Å²) in [6.07, 6.45) is 0.0587. The molecule has 0 unspecified atom stereocenters. The van der Waals surface area contributed by atoms with Crippen LogP contribution in [-0.4, -0.2) is 6.03 Å². The van der Waals surface area contributed by atoms with Crippen LogP contribution in [0.2, 0.25) is 0 Å². The summed E-state index contributed by atoms with van der Waals surface area (Å²) < 4.78 is 5.76. The normalized spacial score (nSPS) is 22.8. The molecule has 2 amide bonds. The number of hydrogen-bond donors (Lipinski definition) is 1. The monoisotopic (exact) mass is 252 g/mol. The summed E-state index contributed by atoms with van der Waals surface area (Å²) in [5, 5.41) is 0. The van der Waals surface area contributed by atoms with E-state index in [2.05, 4.69) is 0 Å². The van der Waals surface area contributed by atoms with Gasteiger partial charge in [0.1, 0.15) is 12.2 Å². The van der Waals surface area contributed by atoms with Crippen LogP contribution >= 0.6 is 0 Å². The van der Waals surface area contributed by atoms with E-state index in [1.807, 2.05) is 48.5 Å². The SMILES string of the molecule is NC(=O)N1c2ccccc2[C@H]2O[C@H]2c2ccccc21. The Balaban J connectivity index is 2.02. The number of carbonyl (C=O) groups excluding carboxylic acids is 1. The minimum absolute atomic E-state index is 0.0294. The van der Waals surface area contributed by atoms with Gasteiger partial charge in [0.2, 0.25) is 0 Å². The zero-order valence-corrected chi connectivity index (χ0v) is 10.1. The third kappa shape index (κ3) is 1.40. The Morgan fingerprint density at radius 1 is 0.947 bits per heavy atom. The minimum atomic E-state index is -0.471. The van der Waals surface area contributed by atoms with E-state index < -0.39 is 6.03 Å². The van der Waals surface area contributed by atoms with Gasteiger partial charge >= 0.3 is 6.03 Å². The second-order valence-electron chi connectivity index (χ2n) is 4.77. The highest BCUT2D eigenvalue weighted by atomic mass is 16.6. The Kier molecular flexibility index (Phi) is 2.00. The molecule has 94 valence electrons. The van der Waals surface area contributed by atoms with Crippen molar-refractivity contribution in [3.8, 4) is 0 Å². The summed E-state index contributed by atoms with van der Waals surface area (Å²) in [5.74, 6) is 0. The zero-order valence-electron chi connectivity index (χ0n) is 10.1. The molecule has 2 aromatic carbocycles. The molecule has 2 atom stereocenters. The molecule has 2 N–H and O–H groups in total. The lowest BCUT2D eigenvalue weighted by atomic mass is 10.0. The fraction of sp³-hybridized carbons (Fsp3) is 0.133. The highest BCUT2D eigenvalue weighted by molar-refractivity contribution is 6.00. The van der Waals surface area contributed by atoms with Crippen molar-refractivity contribution in [2.45, 2.75) is 12.2 Å². The smallest absolute Gasteiger partial charge is 0.323 e. The number of urea groups is 1. The van der Waals surface area contributed by atoms with Crippen LogP contribution in [0.4, 0.5) is 16.2 Å². The average Bonchev–Trinajstić information content (AvgIpc) is 3.19. The van der Waals surface area contributed by atoms with E-state index in [4.69, 9.17) is 10.5 Å². The maximum absolute atomic E-state index is 11.9. The first-order chi connectivity index (χ1) is 9.27. The van der Waals surface area contributed by atoms with Gasteiger partial charge in [0.25, 0.3) is 0 Å². The number of benzene rings is 2. The first-order valence-electron chi connectivity index (χ1n) is 6.20. The van der Waals surface area contributed by atoms with Gasteiger partial charge in [-0.1, -0.05) is 36.4 Å². The lowest BCUT2D eigenvalue weighted by Crippen LogP contribution is -2.32. The van der Waals surface area contributed by atoms with Gasteiger partial charge in [-0.2, -0.15) is 0 Å². The minimum Gasteiger partial charge on any atom is -0.359 e. The number of fused-ring (bicyclic) bond motifs is 5. The fourth-order valence-corrected chi connectivity index (χ4v) is 2.82. The molecule has 0 radical (unpaired) electrons. The van der Waals surface area contributed by atoms with Crippen LogP contribution in [0.3, 0.4) is 0 Å². The molecule has 2 aromatic rings. The second-order valence-corrected chi connectivity index (χ2v) is 4.77. The number of hydrogen-bond acceptors (Lipinski definition) is 2. The number of nitrogens with zero attached hydrogens (tertiary/aromatic N) is 1. The van der Waals surface area contributed by atoms with E-state index in [0.29, 0.717) is 0 Å². The number of amides is 2. The molecule has 2 aliphatic rings. The summed E-state index contributed by atoms with van der Waals surface area (Å²) in [7, 11) is 0. The first kappa shape index (κ1) is 10.6. The van der Waals surface area contributed by atoms with E-state index in [1.165, 1.54) is 0 Å². The Bertz CT molecular complexity index is 632. The molecule has 2 aliphatic heterocycles.